The molecule has 174 valence electrons. The number of rotatable bonds is 8. The third kappa shape index (κ3) is 5.05. The normalized spacial score (nSPS) is 14.4. The number of nitrogens with zero attached hydrogens (tertiary/aromatic N) is 2. The third-order valence-electron chi connectivity index (χ3n) is 5.00. The Bertz CT molecular complexity index is 1100. The lowest BCUT2D eigenvalue weighted by atomic mass is 10.1. The summed E-state index contributed by atoms with van der Waals surface area (Å²) in [6.45, 7) is 4.02. The number of anilines is 1. The van der Waals surface area contributed by atoms with Gasteiger partial charge in [0, 0.05) is 30.5 Å². The van der Waals surface area contributed by atoms with Gasteiger partial charge >= 0.3 is 0 Å². The van der Waals surface area contributed by atoms with Crippen LogP contribution in [0.25, 0.3) is 6.08 Å². The van der Waals surface area contributed by atoms with Crippen LogP contribution in [0, 0.1) is 0 Å². The summed E-state index contributed by atoms with van der Waals surface area (Å²) >= 11 is 1.29. The summed E-state index contributed by atoms with van der Waals surface area (Å²) in [5.41, 5.74) is 1.52. The van der Waals surface area contributed by atoms with Crippen molar-refractivity contribution in [3.63, 3.8) is 0 Å². The lowest BCUT2D eigenvalue weighted by molar-refractivity contribution is -0.111. The van der Waals surface area contributed by atoms with Crippen molar-refractivity contribution >= 4 is 38.5 Å². The molecule has 0 aliphatic carbocycles. The van der Waals surface area contributed by atoms with E-state index >= 15 is 0 Å². The average molecular weight is 482 g/mol. The molecule has 1 amide bonds. The Morgan fingerprint density at radius 3 is 2.41 bits per heavy atom. The van der Waals surface area contributed by atoms with Gasteiger partial charge in [-0.15, -0.1) is 11.3 Å². The van der Waals surface area contributed by atoms with E-state index in [1.165, 1.54) is 43.0 Å². The largest absolute Gasteiger partial charge is 0.493 e. The van der Waals surface area contributed by atoms with Gasteiger partial charge in [-0.1, -0.05) is 0 Å². The van der Waals surface area contributed by atoms with Crippen LogP contribution in [0.5, 0.6) is 17.2 Å². The summed E-state index contributed by atoms with van der Waals surface area (Å²) in [6, 6.07) is 3.47. The summed E-state index contributed by atoms with van der Waals surface area (Å²) in [4.78, 5) is 17.7. The monoisotopic (exact) mass is 481 g/mol. The van der Waals surface area contributed by atoms with E-state index in [-0.39, 0.29) is 12.5 Å². The van der Waals surface area contributed by atoms with Crippen molar-refractivity contribution in [2.24, 2.45) is 0 Å². The molecule has 1 aliphatic rings. The maximum absolute atomic E-state index is 12.4. The summed E-state index contributed by atoms with van der Waals surface area (Å²) in [5, 5.41) is 2.72. The summed E-state index contributed by atoms with van der Waals surface area (Å²) in [7, 11) is 1.24. The molecule has 2 aromatic rings. The van der Waals surface area contributed by atoms with Crippen molar-refractivity contribution in [1.82, 2.24) is 9.29 Å². The molecular formula is C21H27N3O6S2. The Morgan fingerprint density at radius 1 is 1.19 bits per heavy atom. The Hall–Kier alpha value is -2.63. The standard InChI is InChI=1S/C21H27N3O6S2/c1-13(2)32(26,27)24-9-8-15-18(12-24)31-21(22-15)23-19(25)7-6-14-10-16(28-3)20(30-5)17(11-14)29-4/h6-7,10-11,13H,8-9,12H2,1-5H3,(H,22,23,25)/b7-6+. The second kappa shape index (κ2) is 9.88. The fraction of sp³-hybridized carbons (Fsp3) is 0.429. The zero-order valence-corrected chi connectivity index (χ0v) is 20.3. The molecule has 0 saturated heterocycles. The Balaban J connectivity index is 1.71. The molecule has 9 nitrogen and oxygen atoms in total. The maximum atomic E-state index is 12.4. The molecule has 1 aromatic carbocycles. The van der Waals surface area contributed by atoms with Gasteiger partial charge in [0.15, 0.2) is 16.6 Å². The fourth-order valence-electron chi connectivity index (χ4n) is 3.26. The molecule has 1 aliphatic heterocycles. The Labute approximate surface area is 192 Å². The first-order chi connectivity index (χ1) is 15.2. The van der Waals surface area contributed by atoms with E-state index in [9.17, 15) is 13.2 Å². The molecule has 0 saturated carbocycles. The van der Waals surface area contributed by atoms with E-state index in [4.69, 9.17) is 14.2 Å². The summed E-state index contributed by atoms with van der Waals surface area (Å²) < 4.78 is 42.3. The van der Waals surface area contributed by atoms with Crippen LogP contribution >= 0.6 is 11.3 Å². The minimum absolute atomic E-state index is 0.282. The number of fused-ring (bicyclic) bond motifs is 1. The first-order valence-corrected chi connectivity index (χ1v) is 12.3. The van der Waals surface area contributed by atoms with E-state index < -0.39 is 15.3 Å². The van der Waals surface area contributed by atoms with Gasteiger partial charge in [0.1, 0.15) is 0 Å². The number of aromatic nitrogens is 1. The van der Waals surface area contributed by atoms with Crippen LogP contribution in [0.4, 0.5) is 5.13 Å². The Morgan fingerprint density at radius 2 is 1.84 bits per heavy atom. The predicted molar refractivity (Wildman–Crippen MR) is 124 cm³/mol. The molecule has 0 unspecified atom stereocenters. The van der Waals surface area contributed by atoms with E-state index in [2.05, 4.69) is 10.3 Å². The topological polar surface area (TPSA) is 107 Å². The molecule has 32 heavy (non-hydrogen) atoms. The van der Waals surface area contributed by atoms with Crippen molar-refractivity contribution < 1.29 is 27.4 Å². The number of carbonyl (C=O) groups is 1. The first kappa shape index (κ1) is 24.0. The van der Waals surface area contributed by atoms with Crippen molar-refractivity contribution in [2.45, 2.75) is 32.1 Å². The third-order valence-corrected chi connectivity index (χ3v) is 8.22. The van der Waals surface area contributed by atoms with E-state index in [0.29, 0.717) is 40.9 Å². The van der Waals surface area contributed by atoms with Gasteiger partial charge in [-0.25, -0.2) is 13.4 Å². The van der Waals surface area contributed by atoms with Crippen LogP contribution in [0.15, 0.2) is 18.2 Å². The summed E-state index contributed by atoms with van der Waals surface area (Å²) in [6.07, 6.45) is 3.54. The molecule has 0 atom stereocenters. The number of hydrogen-bond acceptors (Lipinski definition) is 8. The van der Waals surface area contributed by atoms with Gasteiger partial charge in [0.25, 0.3) is 0 Å². The number of thiazole rings is 1. The first-order valence-electron chi connectivity index (χ1n) is 9.96. The highest BCUT2D eigenvalue weighted by molar-refractivity contribution is 7.89. The minimum atomic E-state index is -3.33. The highest BCUT2D eigenvalue weighted by Gasteiger charge is 2.31. The van der Waals surface area contributed by atoms with Gasteiger partial charge in [-0.05, 0) is 37.6 Å². The average Bonchev–Trinajstić information content (AvgIpc) is 3.17. The van der Waals surface area contributed by atoms with Crippen LogP contribution in [-0.2, 0) is 27.8 Å². The smallest absolute Gasteiger partial charge is 0.250 e. The highest BCUT2D eigenvalue weighted by atomic mass is 32.2. The molecular weight excluding hydrogens is 454 g/mol. The highest BCUT2D eigenvalue weighted by Crippen LogP contribution is 2.38. The molecule has 0 radical (unpaired) electrons. The molecule has 11 heteroatoms. The quantitative estimate of drug-likeness (QED) is 0.578. The molecule has 1 aromatic heterocycles. The second-order valence-corrected chi connectivity index (χ2v) is 10.9. The number of amides is 1. The van der Waals surface area contributed by atoms with Gasteiger partial charge < -0.3 is 14.2 Å². The van der Waals surface area contributed by atoms with Gasteiger partial charge in [-0.2, -0.15) is 4.31 Å². The van der Waals surface area contributed by atoms with Crippen molar-refractivity contribution in [3.8, 4) is 17.2 Å². The number of benzene rings is 1. The van der Waals surface area contributed by atoms with Crippen LogP contribution in [0.3, 0.4) is 0 Å². The summed E-state index contributed by atoms with van der Waals surface area (Å²) in [5.74, 6) is 1.09. The minimum Gasteiger partial charge on any atom is -0.493 e. The van der Waals surface area contributed by atoms with Crippen molar-refractivity contribution in [1.29, 1.82) is 0 Å². The number of hydrogen-bond donors (Lipinski definition) is 1. The van der Waals surface area contributed by atoms with Crippen molar-refractivity contribution in [2.75, 3.05) is 33.2 Å². The number of sulfonamides is 1. The van der Waals surface area contributed by atoms with Crippen molar-refractivity contribution in [3.05, 3.63) is 34.3 Å². The van der Waals surface area contributed by atoms with Gasteiger partial charge in [0.05, 0.1) is 32.3 Å². The van der Waals surface area contributed by atoms with E-state index in [0.717, 1.165) is 10.6 Å². The zero-order valence-electron chi connectivity index (χ0n) is 18.7. The van der Waals surface area contributed by atoms with Crippen LogP contribution in [-0.4, -0.2) is 56.7 Å². The zero-order chi connectivity index (χ0) is 23.5. The number of carbonyl (C=O) groups excluding carboxylic acids is 1. The number of methoxy groups -OCH3 is 3. The van der Waals surface area contributed by atoms with Crippen LogP contribution in [0.1, 0.15) is 30.0 Å². The van der Waals surface area contributed by atoms with Gasteiger partial charge in [0.2, 0.25) is 21.7 Å². The SMILES string of the molecule is COc1cc(/C=C/C(=O)Nc2nc3c(s2)CN(S(=O)(=O)C(C)C)CC3)cc(OC)c1OC. The molecule has 2 heterocycles. The lowest BCUT2D eigenvalue weighted by Gasteiger charge is -2.26. The maximum Gasteiger partial charge on any atom is 0.250 e. The van der Waals surface area contributed by atoms with Gasteiger partial charge in [-0.3, -0.25) is 10.1 Å². The predicted octanol–water partition coefficient (Wildman–Crippen LogP) is 2.92. The molecule has 3 rings (SSSR count). The number of ether oxygens (including phenoxy) is 3. The van der Waals surface area contributed by atoms with E-state index in [1.54, 1.807) is 32.1 Å². The van der Waals surface area contributed by atoms with Crippen LogP contribution < -0.4 is 19.5 Å². The molecule has 0 bridgehead atoms. The number of nitrogens with one attached hydrogen (secondary N) is 1. The lowest BCUT2D eigenvalue weighted by Crippen LogP contribution is -2.39. The second-order valence-electron chi connectivity index (χ2n) is 7.35. The molecule has 0 fully saturated rings. The van der Waals surface area contributed by atoms with E-state index in [1.807, 2.05) is 0 Å². The molecule has 1 N–H and O–H groups in total. The fourth-order valence-corrected chi connectivity index (χ4v) is 5.62. The van der Waals surface area contributed by atoms with Crippen LogP contribution in [0.2, 0.25) is 0 Å². The molecule has 0 spiro atoms. The Kier molecular flexibility index (Phi) is 7.42.